The molecular weight excluding hydrogens is 349 g/mol. The van der Waals surface area contributed by atoms with E-state index >= 15 is 0 Å². The zero-order valence-electron chi connectivity index (χ0n) is 15.1. The molecule has 1 amide bonds. The Bertz CT molecular complexity index is 356. The molecule has 3 N–H and O–H groups in total. The van der Waals surface area contributed by atoms with Crippen molar-refractivity contribution in [1.82, 2.24) is 10.2 Å². The normalized spacial score (nSPS) is 26.8. The lowest BCUT2D eigenvalue weighted by molar-refractivity contribution is -0.127. The fourth-order valence-corrected chi connectivity index (χ4v) is 3.72. The first kappa shape index (κ1) is 23.9. The first-order valence-corrected chi connectivity index (χ1v) is 8.94. The van der Waals surface area contributed by atoms with Gasteiger partial charge in [0.1, 0.15) is 0 Å². The number of morpholine rings is 1. The van der Waals surface area contributed by atoms with Crippen LogP contribution in [0.5, 0.6) is 0 Å². The Labute approximate surface area is 159 Å². The molecule has 1 saturated heterocycles. The molecule has 1 aliphatic carbocycles. The van der Waals surface area contributed by atoms with Gasteiger partial charge in [-0.3, -0.25) is 9.69 Å². The minimum absolute atomic E-state index is 0. The van der Waals surface area contributed by atoms with Crippen LogP contribution in [0.4, 0.5) is 0 Å². The van der Waals surface area contributed by atoms with Gasteiger partial charge in [0, 0.05) is 19.6 Å². The van der Waals surface area contributed by atoms with E-state index < -0.39 is 5.54 Å². The highest BCUT2D eigenvalue weighted by Gasteiger charge is 2.34. The number of nitrogens with zero attached hydrogens (tertiary/aromatic N) is 1. The third-order valence-electron chi connectivity index (χ3n) is 4.88. The SMILES string of the molecule is CC1CN(CCCCNC(=O)C2(N)CCCCC2)CC(C)O1.Cl.Cl. The summed E-state index contributed by atoms with van der Waals surface area (Å²) in [5.74, 6) is 0.0563. The van der Waals surface area contributed by atoms with E-state index in [0.29, 0.717) is 12.2 Å². The van der Waals surface area contributed by atoms with E-state index in [1.54, 1.807) is 0 Å². The molecule has 2 atom stereocenters. The summed E-state index contributed by atoms with van der Waals surface area (Å²) in [6.45, 7) is 8.13. The topological polar surface area (TPSA) is 67.6 Å². The minimum atomic E-state index is -0.604. The van der Waals surface area contributed by atoms with Crippen molar-refractivity contribution in [3.8, 4) is 0 Å². The third kappa shape index (κ3) is 7.44. The monoisotopic (exact) mass is 383 g/mol. The van der Waals surface area contributed by atoms with E-state index in [4.69, 9.17) is 10.5 Å². The third-order valence-corrected chi connectivity index (χ3v) is 4.88. The van der Waals surface area contributed by atoms with Gasteiger partial charge in [-0.2, -0.15) is 0 Å². The molecule has 1 saturated carbocycles. The number of carbonyl (C=O) groups is 1. The molecule has 144 valence electrons. The highest BCUT2D eigenvalue weighted by molar-refractivity contribution is 5.86. The van der Waals surface area contributed by atoms with E-state index in [9.17, 15) is 4.79 Å². The molecule has 0 aromatic heterocycles. The Kier molecular flexibility index (Phi) is 11.5. The van der Waals surface area contributed by atoms with Crippen molar-refractivity contribution in [2.45, 2.75) is 76.5 Å². The summed E-state index contributed by atoms with van der Waals surface area (Å²) < 4.78 is 5.74. The van der Waals surface area contributed by atoms with Crippen molar-refractivity contribution >= 4 is 30.7 Å². The standard InChI is InChI=1S/C17H33N3O2.2ClH/c1-14-12-20(13-15(2)22-14)11-7-6-10-19-16(21)17(18)8-4-3-5-9-17;;/h14-15H,3-13,18H2,1-2H3,(H,19,21);2*1H. The number of rotatable bonds is 6. The van der Waals surface area contributed by atoms with Gasteiger partial charge in [0.25, 0.3) is 0 Å². The second-order valence-electron chi connectivity index (χ2n) is 7.20. The quantitative estimate of drug-likeness (QED) is 0.691. The molecule has 2 fully saturated rings. The van der Waals surface area contributed by atoms with Crippen molar-refractivity contribution in [3.05, 3.63) is 0 Å². The van der Waals surface area contributed by atoms with Crippen LogP contribution in [0.3, 0.4) is 0 Å². The summed E-state index contributed by atoms with van der Waals surface area (Å²) >= 11 is 0. The molecule has 2 unspecified atom stereocenters. The Morgan fingerprint density at radius 2 is 1.71 bits per heavy atom. The van der Waals surface area contributed by atoms with Crippen LogP contribution in [0.25, 0.3) is 0 Å². The lowest BCUT2D eigenvalue weighted by Gasteiger charge is -2.35. The number of ether oxygens (including phenoxy) is 1. The van der Waals surface area contributed by atoms with E-state index in [1.807, 2.05) is 0 Å². The molecule has 0 aromatic carbocycles. The van der Waals surface area contributed by atoms with E-state index in [-0.39, 0.29) is 30.7 Å². The predicted molar refractivity (Wildman–Crippen MR) is 103 cm³/mol. The fourth-order valence-electron chi connectivity index (χ4n) is 3.72. The molecule has 2 aliphatic rings. The van der Waals surface area contributed by atoms with E-state index in [0.717, 1.165) is 64.7 Å². The smallest absolute Gasteiger partial charge is 0.240 e. The molecule has 24 heavy (non-hydrogen) atoms. The molecule has 0 spiro atoms. The van der Waals surface area contributed by atoms with Gasteiger partial charge < -0.3 is 15.8 Å². The molecular formula is C17H35Cl2N3O2. The maximum absolute atomic E-state index is 12.2. The van der Waals surface area contributed by atoms with Crippen molar-refractivity contribution in [3.63, 3.8) is 0 Å². The lowest BCUT2D eigenvalue weighted by atomic mass is 9.82. The molecule has 1 heterocycles. The van der Waals surface area contributed by atoms with Gasteiger partial charge in [-0.15, -0.1) is 24.8 Å². The van der Waals surface area contributed by atoms with E-state index in [1.165, 1.54) is 6.42 Å². The van der Waals surface area contributed by atoms with Crippen molar-refractivity contribution in [1.29, 1.82) is 0 Å². The lowest BCUT2D eigenvalue weighted by Crippen LogP contribution is -2.55. The minimum Gasteiger partial charge on any atom is -0.373 e. The molecule has 0 aromatic rings. The molecule has 7 heteroatoms. The van der Waals surface area contributed by atoms with Crippen LogP contribution in [0.15, 0.2) is 0 Å². The summed E-state index contributed by atoms with van der Waals surface area (Å²) in [4.78, 5) is 14.7. The zero-order valence-corrected chi connectivity index (χ0v) is 16.7. The first-order valence-electron chi connectivity index (χ1n) is 8.94. The number of nitrogens with two attached hydrogens (primary N) is 1. The number of hydrogen-bond acceptors (Lipinski definition) is 4. The van der Waals surface area contributed by atoms with Crippen molar-refractivity contribution < 1.29 is 9.53 Å². The van der Waals surface area contributed by atoms with Gasteiger partial charge in [-0.05, 0) is 46.1 Å². The number of hydrogen-bond donors (Lipinski definition) is 2. The number of unbranched alkanes of at least 4 members (excludes halogenated alkanes) is 1. The summed E-state index contributed by atoms with van der Waals surface area (Å²) in [7, 11) is 0. The second kappa shape index (κ2) is 11.5. The van der Waals surface area contributed by atoms with Crippen LogP contribution >= 0.6 is 24.8 Å². The largest absolute Gasteiger partial charge is 0.373 e. The van der Waals surface area contributed by atoms with Crippen LogP contribution in [-0.2, 0) is 9.53 Å². The Hall–Kier alpha value is -0.0700. The van der Waals surface area contributed by atoms with Gasteiger partial charge >= 0.3 is 0 Å². The van der Waals surface area contributed by atoms with E-state index in [2.05, 4.69) is 24.1 Å². The highest BCUT2D eigenvalue weighted by atomic mass is 35.5. The Balaban J connectivity index is 0.00000264. The molecule has 0 bridgehead atoms. The second-order valence-corrected chi connectivity index (χ2v) is 7.20. The number of amides is 1. The number of carbonyl (C=O) groups excluding carboxylic acids is 1. The van der Waals surface area contributed by atoms with Crippen molar-refractivity contribution in [2.75, 3.05) is 26.2 Å². The van der Waals surface area contributed by atoms with Gasteiger partial charge in [-0.25, -0.2) is 0 Å². The van der Waals surface area contributed by atoms with Gasteiger partial charge in [0.2, 0.25) is 5.91 Å². The maximum atomic E-state index is 12.2. The zero-order chi connectivity index (χ0) is 16.0. The average Bonchev–Trinajstić information content (AvgIpc) is 2.46. The Morgan fingerprint density at radius 1 is 1.12 bits per heavy atom. The van der Waals surface area contributed by atoms with Crippen molar-refractivity contribution in [2.24, 2.45) is 5.73 Å². The summed E-state index contributed by atoms with van der Waals surface area (Å²) in [5, 5.41) is 3.04. The summed E-state index contributed by atoms with van der Waals surface area (Å²) in [5.41, 5.74) is 5.63. The summed E-state index contributed by atoms with van der Waals surface area (Å²) in [6.07, 6.45) is 7.82. The average molecular weight is 384 g/mol. The van der Waals surface area contributed by atoms with Crippen LogP contribution in [0.1, 0.15) is 58.8 Å². The van der Waals surface area contributed by atoms with Crippen LogP contribution in [0.2, 0.25) is 0 Å². The molecule has 5 nitrogen and oxygen atoms in total. The van der Waals surface area contributed by atoms with Crippen LogP contribution < -0.4 is 11.1 Å². The maximum Gasteiger partial charge on any atom is 0.240 e. The number of nitrogens with one attached hydrogen (secondary N) is 1. The van der Waals surface area contributed by atoms with Gasteiger partial charge in [0.05, 0.1) is 17.7 Å². The Morgan fingerprint density at radius 3 is 2.29 bits per heavy atom. The molecule has 1 aliphatic heterocycles. The van der Waals surface area contributed by atoms with Gasteiger partial charge in [0.15, 0.2) is 0 Å². The van der Waals surface area contributed by atoms with Crippen LogP contribution in [-0.4, -0.2) is 54.7 Å². The first-order chi connectivity index (χ1) is 10.5. The molecule has 0 radical (unpaired) electrons. The highest BCUT2D eigenvalue weighted by Crippen LogP contribution is 2.25. The van der Waals surface area contributed by atoms with Crippen LogP contribution in [0, 0.1) is 0 Å². The fraction of sp³-hybridized carbons (Fsp3) is 0.941. The molecule has 2 rings (SSSR count). The summed E-state index contributed by atoms with van der Waals surface area (Å²) in [6, 6.07) is 0. The number of halogens is 2. The van der Waals surface area contributed by atoms with Gasteiger partial charge in [-0.1, -0.05) is 19.3 Å². The predicted octanol–water partition coefficient (Wildman–Crippen LogP) is 2.50.